The molecule has 0 fully saturated rings. The quantitative estimate of drug-likeness (QED) is 0.0222. The van der Waals surface area contributed by atoms with E-state index in [4.69, 9.17) is 37.0 Å². The van der Waals surface area contributed by atoms with Crippen molar-refractivity contribution >= 4 is 39.5 Å². The van der Waals surface area contributed by atoms with E-state index in [0.717, 1.165) is 108 Å². The van der Waals surface area contributed by atoms with E-state index in [1.165, 1.54) is 167 Å². The van der Waals surface area contributed by atoms with Crippen molar-refractivity contribution in [2.24, 2.45) is 11.8 Å². The van der Waals surface area contributed by atoms with Crippen LogP contribution in [0, 0.1) is 11.8 Å². The normalized spacial score (nSPS) is 14.4. The lowest BCUT2D eigenvalue weighted by Gasteiger charge is -2.21. The van der Waals surface area contributed by atoms with Crippen LogP contribution in [-0.4, -0.2) is 96.7 Å². The third-order valence-corrected chi connectivity index (χ3v) is 18.5. The Balaban J connectivity index is 5.23. The van der Waals surface area contributed by atoms with E-state index < -0.39 is 97.5 Å². The van der Waals surface area contributed by atoms with Gasteiger partial charge in [0.1, 0.15) is 19.3 Å². The summed E-state index contributed by atoms with van der Waals surface area (Å²) in [6.07, 6.45) is 47.2. The Morgan fingerprint density at radius 3 is 0.854 bits per heavy atom. The predicted molar refractivity (Wildman–Crippen MR) is 358 cm³/mol. The van der Waals surface area contributed by atoms with Gasteiger partial charge in [0.05, 0.1) is 26.4 Å². The summed E-state index contributed by atoms with van der Waals surface area (Å²) in [7, 11) is -9.90. The molecular weight excluding hydrogens is 1170 g/mol. The molecule has 0 aromatic rings. The number of phosphoric ester groups is 2. The minimum Gasteiger partial charge on any atom is -0.462 e. The van der Waals surface area contributed by atoms with Gasteiger partial charge in [-0.15, -0.1) is 0 Å². The molecule has 0 radical (unpaired) electrons. The highest BCUT2D eigenvalue weighted by Gasteiger charge is 2.30. The maximum atomic E-state index is 13.0. The van der Waals surface area contributed by atoms with E-state index >= 15 is 0 Å². The van der Waals surface area contributed by atoms with Gasteiger partial charge in [0, 0.05) is 25.7 Å². The molecule has 0 amide bonds. The second-order valence-electron chi connectivity index (χ2n) is 26.0. The van der Waals surface area contributed by atoms with Crippen LogP contribution < -0.4 is 0 Å². The maximum absolute atomic E-state index is 13.0. The minimum atomic E-state index is -4.95. The van der Waals surface area contributed by atoms with E-state index in [9.17, 15) is 43.2 Å². The van der Waals surface area contributed by atoms with Gasteiger partial charge in [0.25, 0.3) is 0 Å². The second-order valence-corrected chi connectivity index (χ2v) is 28.9. The number of rotatable bonds is 69. The first-order valence-electron chi connectivity index (χ1n) is 36.5. The summed E-state index contributed by atoms with van der Waals surface area (Å²) in [6.45, 7) is 9.51. The van der Waals surface area contributed by atoms with Crippen molar-refractivity contribution < 1.29 is 80.2 Å². The summed E-state index contributed by atoms with van der Waals surface area (Å²) < 4.78 is 68.2. The molecule has 0 aliphatic heterocycles. The van der Waals surface area contributed by atoms with Gasteiger partial charge in [-0.3, -0.25) is 37.3 Å². The number of esters is 4. The minimum absolute atomic E-state index is 0.104. The Labute approximate surface area is 543 Å². The molecule has 0 aromatic heterocycles. The molecule has 0 saturated carbocycles. The van der Waals surface area contributed by atoms with Crippen LogP contribution in [-0.2, 0) is 65.4 Å². The summed E-state index contributed by atoms with van der Waals surface area (Å²) in [5, 5.41) is 10.6. The Morgan fingerprint density at radius 2 is 0.573 bits per heavy atom. The van der Waals surface area contributed by atoms with Gasteiger partial charge in [0.15, 0.2) is 12.2 Å². The van der Waals surface area contributed by atoms with Crippen molar-refractivity contribution in [3.63, 3.8) is 0 Å². The number of aliphatic hydroxyl groups is 1. The SMILES string of the molecule is CCCCCCCCCCCCCCCCCCC(=O)O[C@H](COC(=O)CCCCCCCCCCCCC(C)CC)COP(=O)(O)OC[C@@H](O)COP(=O)(O)OC[C@@H](COC(=O)CCCCCCCCCC)OC(=O)CCCCCCCCCCC(C)C. The van der Waals surface area contributed by atoms with Crippen LogP contribution in [0.1, 0.15) is 356 Å². The molecule has 17 nitrogen and oxygen atoms in total. The summed E-state index contributed by atoms with van der Waals surface area (Å²) in [5.41, 5.74) is 0. The molecule has 0 aromatic carbocycles. The largest absolute Gasteiger partial charge is 0.472 e. The molecule has 528 valence electrons. The smallest absolute Gasteiger partial charge is 0.462 e. The number of hydrogen-bond donors (Lipinski definition) is 3. The molecule has 0 aliphatic carbocycles. The first-order chi connectivity index (χ1) is 42.9. The number of phosphoric acid groups is 2. The molecule has 3 N–H and O–H groups in total. The van der Waals surface area contributed by atoms with E-state index in [1.54, 1.807) is 0 Å². The number of unbranched alkanes of at least 4 members (excludes halogenated alkanes) is 38. The summed E-state index contributed by atoms with van der Waals surface area (Å²) in [5.74, 6) is -0.599. The average Bonchev–Trinajstić information content (AvgIpc) is 3.68. The molecule has 0 rings (SSSR count). The highest BCUT2D eigenvalue weighted by Crippen LogP contribution is 2.45. The number of ether oxygens (including phenoxy) is 4. The first-order valence-corrected chi connectivity index (χ1v) is 39.5. The molecule has 89 heavy (non-hydrogen) atoms. The van der Waals surface area contributed by atoms with Crippen LogP contribution in [0.5, 0.6) is 0 Å². The number of aliphatic hydroxyl groups excluding tert-OH is 1. The van der Waals surface area contributed by atoms with Crippen LogP contribution in [0.3, 0.4) is 0 Å². The molecule has 0 heterocycles. The van der Waals surface area contributed by atoms with Crippen LogP contribution in [0.2, 0.25) is 0 Å². The molecule has 19 heteroatoms. The number of carbonyl (C=O) groups excluding carboxylic acids is 4. The topological polar surface area (TPSA) is 237 Å². The lowest BCUT2D eigenvalue weighted by molar-refractivity contribution is -0.161. The fourth-order valence-corrected chi connectivity index (χ4v) is 12.1. The maximum Gasteiger partial charge on any atom is 0.472 e. The molecule has 3 unspecified atom stereocenters. The third kappa shape index (κ3) is 63.2. The van der Waals surface area contributed by atoms with Gasteiger partial charge in [-0.05, 0) is 37.5 Å². The lowest BCUT2D eigenvalue weighted by atomic mass is 9.99. The van der Waals surface area contributed by atoms with Gasteiger partial charge in [-0.1, -0.05) is 305 Å². The van der Waals surface area contributed by atoms with Crippen LogP contribution in [0.25, 0.3) is 0 Å². The van der Waals surface area contributed by atoms with Crippen LogP contribution >= 0.6 is 15.6 Å². The Bertz CT molecular complexity index is 1740. The van der Waals surface area contributed by atoms with Crippen molar-refractivity contribution in [1.29, 1.82) is 0 Å². The standard InChI is InChI=1S/C70H136O17P2/c1-7-10-12-14-16-18-19-20-21-22-23-24-29-36-42-48-54-69(74)86-66(59-81-68(73)53-47-41-35-28-26-25-27-33-39-45-51-63(6)9-3)61-85-89(78,79)83-57-64(71)56-82-88(76,77)84-60-65(58-80-67(72)52-46-40-34-17-15-13-11-8-2)87-70(75)55-49-43-37-31-30-32-38-44-50-62(4)5/h62-66,71H,7-61H2,1-6H3,(H,76,77)(H,78,79)/t63?,64-,65+,66+/m0/s1. The van der Waals surface area contributed by atoms with Crippen molar-refractivity contribution in [2.45, 2.75) is 374 Å². The average molecular weight is 1310 g/mol. The van der Waals surface area contributed by atoms with Gasteiger partial charge in [-0.25, -0.2) is 9.13 Å². The van der Waals surface area contributed by atoms with Gasteiger partial charge >= 0.3 is 39.5 Å². The zero-order valence-electron chi connectivity index (χ0n) is 57.7. The summed E-state index contributed by atoms with van der Waals surface area (Å²) in [6, 6.07) is 0. The molecule has 0 aliphatic rings. The summed E-state index contributed by atoms with van der Waals surface area (Å²) >= 11 is 0. The monoisotopic (exact) mass is 1310 g/mol. The van der Waals surface area contributed by atoms with E-state index in [1.807, 2.05) is 0 Å². The highest BCUT2D eigenvalue weighted by molar-refractivity contribution is 7.47. The number of hydrogen-bond acceptors (Lipinski definition) is 15. The van der Waals surface area contributed by atoms with Crippen LogP contribution in [0.15, 0.2) is 0 Å². The molecular formula is C70H136O17P2. The second kappa shape index (κ2) is 62.2. The fourth-order valence-electron chi connectivity index (χ4n) is 10.6. The summed E-state index contributed by atoms with van der Waals surface area (Å²) in [4.78, 5) is 72.5. The van der Waals surface area contributed by atoms with E-state index in [0.29, 0.717) is 25.7 Å². The molecule has 0 bridgehead atoms. The Morgan fingerprint density at radius 1 is 0.326 bits per heavy atom. The van der Waals surface area contributed by atoms with Crippen LogP contribution in [0.4, 0.5) is 0 Å². The predicted octanol–water partition coefficient (Wildman–Crippen LogP) is 20.0. The first kappa shape index (κ1) is 87.1. The molecule has 6 atom stereocenters. The fraction of sp³-hybridized carbons (Fsp3) is 0.943. The zero-order valence-corrected chi connectivity index (χ0v) is 59.5. The van der Waals surface area contributed by atoms with Gasteiger partial charge < -0.3 is 33.8 Å². The Hall–Kier alpha value is -1.94. The van der Waals surface area contributed by atoms with Crippen molar-refractivity contribution in [3.8, 4) is 0 Å². The van der Waals surface area contributed by atoms with E-state index in [2.05, 4.69) is 41.5 Å². The van der Waals surface area contributed by atoms with E-state index in [-0.39, 0.29) is 25.7 Å². The number of carbonyl (C=O) groups is 4. The molecule has 0 spiro atoms. The highest BCUT2D eigenvalue weighted by atomic mass is 31.2. The Kier molecular flexibility index (Phi) is 60.8. The van der Waals surface area contributed by atoms with Crippen molar-refractivity contribution in [2.75, 3.05) is 39.6 Å². The van der Waals surface area contributed by atoms with Gasteiger partial charge in [0.2, 0.25) is 0 Å². The van der Waals surface area contributed by atoms with Crippen molar-refractivity contribution in [1.82, 2.24) is 0 Å². The third-order valence-electron chi connectivity index (χ3n) is 16.6. The lowest BCUT2D eigenvalue weighted by Crippen LogP contribution is -2.30. The van der Waals surface area contributed by atoms with Gasteiger partial charge in [-0.2, -0.15) is 0 Å². The molecule has 0 saturated heterocycles. The zero-order chi connectivity index (χ0) is 65.7. The van der Waals surface area contributed by atoms with Crippen molar-refractivity contribution in [3.05, 3.63) is 0 Å².